The van der Waals surface area contributed by atoms with Crippen molar-refractivity contribution < 1.29 is 0 Å². The summed E-state index contributed by atoms with van der Waals surface area (Å²) in [7, 11) is 0. The van der Waals surface area contributed by atoms with Crippen LogP contribution in [0.2, 0.25) is 0 Å². The molecule has 0 saturated carbocycles. The second kappa shape index (κ2) is 6.27. The molecule has 1 saturated heterocycles. The Morgan fingerprint density at radius 3 is 3.00 bits per heavy atom. The average molecular weight is 272 g/mol. The van der Waals surface area contributed by atoms with E-state index < -0.39 is 0 Å². The molecular weight excluding hydrogens is 248 g/mol. The van der Waals surface area contributed by atoms with E-state index >= 15 is 0 Å². The number of imidazole rings is 1. The van der Waals surface area contributed by atoms with Crippen molar-refractivity contribution in [2.75, 3.05) is 31.1 Å². The molecule has 0 amide bonds. The lowest BCUT2D eigenvalue weighted by Gasteiger charge is -2.29. The monoisotopic (exact) mass is 272 g/mol. The van der Waals surface area contributed by atoms with Crippen molar-refractivity contribution in [1.82, 2.24) is 15.3 Å². The zero-order chi connectivity index (χ0) is 13.8. The molecule has 3 rings (SSSR count). The fraction of sp³-hybridized carbons (Fsp3) is 0.562. The average Bonchev–Trinajstić information content (AvgIpc) is 2.92. The van der Waals surface area contributed by atoms with Crippen molar-refractivity contribution in [3.63, 3.8) is 0 Å². The summed E-state index contributed by atoms with van der Waals surface area (Å²) < 4.78 is 0. The van der Waals surface area contributed by atoms with Crippen molar-refractivity contribution in [3.8, 4) is 0 Å². The summed E-state index contributed by atoms with van der Waals surface area (Å²) in [5.74, 6) is 1.77. The second-order valence-electron chi connectivity index (χ2n) is 5.74. The van der Waals surface area contributed by atoms with Gasteiger partial charge < -0.3 is 15.2 Å². The number of aromatic amines is 1. The number of rotatable bonds is 5. The quantitative estimate of drug-likeness (QED) is 0.879. The van der Waals surface area contributed by atoms with Gasteiger partial charge in [-0.05, 0) is 50.4 Å². The van der Waals surface area contributed by atoms with Crippen LogP contribution in [-0.2, 0) is 0 Å². The predicted molar refractivity (Wildman–Crippen MR) is 84.2 cm³/mol. The molecule has 4 heteroatoms. The van der Waals surface area contributed by atoms with Gasteiger partial charge in [0.05, 0.1) is 11.0 Å². The zero-order valence-electron chi connectivity index (χ0n) is 12.2. The SMILES string of the molecule is CCCN(CC1CCCNC1)c1nc2ccccc2[nH]1. The highest BCUT2D eigenvalue weighted by Crippen LogP contribution is 2.20. The molecule has 0 aliphatic carbocycles. The number of nitrogens with zero attached hydrogens (tertiary/aromatic N) is 2. The Bertz CT molecular complexity index is 509. The molecular formula is C16H24N4. The number of fused-ring (bicyclic) bond motifs is 1. The molecule has 4 nitrogen and oxygen atoms in total. The number of piperidine rings is 1. The maximum atomic E-state index is 4.75. The van der Waals surface area contributed by atoms with Gasteiger partial charge in [-0.2, -0.15) is 0 Å². The minimum absolute atomic E-state index is 0.739. The van der Waals surface area contributed by atoms with Gasteiger partial charge in [0, 0.05) is 13.1 Å². The molecule has 0 bridgehead atoms. The van der Waals surface area contributed by atoms with E-state index in [0.29, 0.717) is 0 Å². The van der Waals surface area contributed by atoms with Gasteiger partial charge in [-0.3, -0.25) is 0 Å². The largest absolute Gasteiger partial charge is 0.342 e. The summed E-state index contributed by atoms with van der Waals surface area (Å²) in [5, 5.41) is 3.50. The van der Waals surface area contributed by atoms with Crippen molar-refractivity contribution >= 4 is 17.0 Å². The van der Waals surface area contributed by atoms with Gasteiger partial charge in [-0.15, -0.1) is 0 Å². The Kier molecular flexibility index (Phi) is 4.21. The minimum Gasteiger partial charge on any atom is -0.342 e. The molecule has 1 atom stereocenters. The Labute approximate surface area is 120 Å². The fourth-order valence-corrected chi connectivity index (χ4v) is 3.03. The number of para-hydroxylation sites is 2. The van der Waals surface area contributed by atoms with Crippen LogP contribution in [-0.4, -0.2) is 36.1 Å². The van der Waals surface area contributed by atoms with E-state index in [-0.39, 0.29) is 0 Å². The standard InChI is InChI=1S/C16H24N4/c1-2-10-20(12-13-6-5-9-17-11-13)16-18-14-7-3-4-8-15(14)19-16/h3-4,7-8,13,17H,2,5-6,9-12H2,1H3,(H,18,19). The van der Waals surface area contributed by atoms with Crippen LogP contribution in [0.1, 0.15) is 26.2 Å². The molecule has 1 fully saturated rings. The van der Waals surface area contributed by atoms with Crippen LogP contribution in [0.4, 0.5) is 5.95 Å². The third-order valence-electron chi connectivity index (χ3n) is 4.05. The van der Waals surface area contributed by atoms with E-state index in [1.165, 1.54) is 19.4 Å². The molecule has 0 spiro atoms. The molecule has 1 aromatic carbocycles. The second-order valence-corrected chi connectivity index (χ2v) is 5.74. The first-order chi connectivity index (χ1) is 9.86. The van der Waals surface area contributed by atoms with Crippen LogP contribution < -0.4 is 10.2 Å². The summed E-state index contributed by atoms with van der Waals surface area (Å²) in [5.41, 5.74) is 2.19. The summed E-state index contributed by atoms with van der Waals surface area (Å²) in [6.07, 6.45) is 3.77. The number of H-pyrrole nitrogens is 1. The van der Waals surface area contributed by atoms with Gasteiger partial charge in [0.25, 0.3) is 0 Å². The normalized spacial score (nSPS) is 19.4. The number of aromatic nitrogens is 2. The van der Waals surface area contributed by atoms with Crippen LogP contribution in [0.5, 0.6) is 0 Å². The molecule has 2 N–H and O–H groups in total. The predicted octanol–water partition coefficient (Wildman–Crippen LogP) is 2.78. The van der Waals surface area contributed by atoms with Gasteiger partial charge in [-0.1, -0.05) is 19.1 Å². The van der Waals surface area contributed by atoms with Gasteiger partial charge in [-0.25, -0.2) is 4.98 Å². The first-order valence-corrected chi connectivity index (χ1v) is 7.77. The topological polar surface area (TPSA) is 44.0 Å². The summed E-state index contributed by atoms with van der Waals surface area (Å²) >= 11 is 0. The first-order valence-electron chi connectivity index (χ1n) is 7.77. The van der Waals surface area contributed by atoms with Gasteiger partial charge in [0.15, 0.2) is 0 Å². The molecule has 1 unspecified atom stereocenters. The van der Waals surface area contributed by atoms with E-state index in [0.717, 1.165) is 49.0 Å². The number of hydrogen-bond donors (Lipinski definition) is 2. The smallest absolute Gasteiger partial charge is 0.203 e. The van der Waals surface area contributed by atoms with Crippen molar-refractivity contribution in [1.29, 1.82) is 0 Å². The molecule has 1 aliphatic heterocycles. The Balaban J connectivity index is 1.77. The number of anilines is 1. The van der Waals surface area contributed by atoms with Crippen molar-refractivity contribution in [2.24, 2.45) is 5.92 Å². The number of benzene rings is 1. The van der Waals surface area contributed by atoms with E-state index in [1.807, 2.05) is 6.07 Å². The van der Waals surface area contributed by atoms with E-state index in [9.17, 15) is 0 Å². The fourth-order valence-electron chi connectivity index (χ4n) is 3.03. The minimum atomic E-state index is 0.739. The van der Waals surface area contributed by atoms with Crippen LogP contribution in [0.15, 0.2) is 24.3 Å². The van der Waals surface area contributed by atoms with Crippen LogP contribution in [0, 0.1) is 5.92 Å². The lowest BCUT2D eigenvalue weighted by Crippen LogP contribution is -2.39. The van der Waals surface area contributed by atoms with Gasteiger partial charge in [0.1, 0.15) is 0 Å². The lowest BCUT2D eigenvalue weighted by atomic mass is 9.99. The maximum Gasteiger partial charge on any atom is 0.203 e. The highest BCUT2D eigenvalue weighted by atomic mass is 15.3. The molecule has 20 heavy (non-hydrogen) atoms. The van der Waals surface area contributed by atoms with Crippen LogP contribution >= 0.6 is 0 Å². The highest BCUT2D eigenvalue weighted by molar-refractivity contribution is 5.77. The van der Waals surface area contributed by atoms with E-state index in [1.54, 1.807) is 0 Å². The molecule has 2 aromatic rings. The Morgan fingerprint density at radius 2 is 2.25 bits per heavy atom. The number of nitrogens with one attached hydrogen (secondary N) is 2. The third-order valence-corrected chi connectivity index (χ3v) is 4.05. The lowest BCUT2D eigenvalue weighted by molar-refractivity contribution is 0.375. The molecule has 108 valence electrons. The Morgan fingerprint density at radius 1 is 1.35 bits per heavy atom. The van der Waals surface area contributed by atoms with Gasteiger partial charge in [0.2, 0.25) is 5.95 Å². The number of hydrogen-bond acceptors (Lipinski definition) is 3. The summed E-state index contributed by atoms with van der Waals surface area (Å²) in [4.78, 5) is 10.6. The molecule has 2 heterocycles. The van der Waals surface area contributed by atoms with E-state index in [4.69, 9.17) is 4.98 Å². The molecule has 1 aromatic heterocycles. The highest BCUT2D eigenvalue weighted by Gasteiger charge is 2.18. The van der Waals surface area contributed by atoms with Gasteiger partial charge >= 0.3 is 0 Å². The first kappa shape index (κ1) is 13.4. The van der Waals surface area contributed by atoms with Crippen LogP contribution in [0.3, 0.4) is 0 Å². The molecule has 0 radical (unpaired) electrons. The summed E-state index contributed by atoms with van der Waals surface area (Å²) in [6.45, 7) is 6.71. The summed E-state index contributed by atoms with van der Waals surface area (Å²) in [6, 6.07) is 8.27. The van der Waals surface area contributed by atoms with E-state index in [2.05, 4.69) is 40.3 Å². The van der Waals surface area contributed by atoms with Crippen LogP contribution in [0.25, 0.3) is 11.0 Å². The van der Waals surface area contributed by atoms with Crippen molar-refractivity contribution in [3.05, 3.63) is 24.3 Å². The maximum absolute atomic E-state index is 4.75. The Hall–Kier alpha value is -1.55. The third kappa shape index (κ3) is 2.96. The van der Waals surface area contributed by atoms with Crippen molar-refractivity contribution in [2.45, 2.75) is 26.2 Å². The molecule has 1 aliphatic rings. The zero-order valence-corrected chi connectivity index (χ0v) is 12.2.